The number of anilines is 1. The van der Waals surface area contributed by atoms with Gasteiger partial charge in [0.2, 0.25) is 5.91 Å². The van der Waals surface area contributed by atoms with Crippen LogP contribution < -0.4 is 10.6 Å². The fraction of sp³-hybridized carbons (Fsp3) is 0.579. The van der Waals surface area contributed by atoms with Gasteiger partial charge in [-0.1, -0.05) is 13.8 Å². The van der Waals surface area contributed by atoms with Gasteiger partial charge in [-0.2, -0.15) is 0 Å². The molecule has 1 saturated heterocycles. The Morgan fingerprint density at radius 2 is 2.20 bits per heavy atom. The van der Waals surface area contributed by atoms with Crippen molar-refractivity contribution >= 4 is 17.5 Å². The van der Waals surface area contributed by atoms with Crippen molar-refractivity contribution in [3.05, 3.63) is 29.1 Å². The number of halogens is 1. The maximum atomic E-state index is 14.3. The molecule has 0 spiro atoms. The Morgan fingerprint density at radius 1 is 1.40 bits per heavy atom. The van der Waals surface area contributed by atoms with Crippen LogP contribution >= 0.6 is 0 Å². The Balaban J connectivity index is 1.68. The van der Waals surface area contributed by atoms with E-state index in [1.54, 1.807) is 6.07 Å². The van der Waals surface area contributed by atoms with Crippen LogP contribution in [0.15, 0.2) is 12.1 Å². The number of carbonyl (C=O) groups excluding carboxylic acids is 2. The van der Waals surface area contributed by atoms with E-state index in [1.807, 2.05) is 0 Å². The Kier molecular flexibility index (Phi) is 5.37. The maximum Gasteiger partial charge on any atom is 0.254 e. The highest BCUT2D eigenvalue weighted by atomic mass is 19.1. The largest absolute Gasteiger partial charge is 0.378 e. The molecule has 0 bridgehead atoms. The van der Waals surface area contributed by atoms with Gasteiger partial charge in [0.25, 0.3) is 5.91 Å². The maximum absolute atomic E-state index is 14.3. The molecular weight excluding hydrogens is 323 g/mol. The lowest BCUT2D eigenvalue weighted by molar-refractivity contribution is -0.116. The van der Waals surface area contributed by atoms with E-state index in [4.69, 9.17) is 4.74 Å². The Morgan fingerprint density at radius 3 is 2.96 bits per heavy atom. The molecule has 1 fully saturated rings. The second kappa shape index (κ2) is 7.52. The molecule has 0 aromatic heterocycles. The molecule has 1 aromatic carbocycles. The molecule has 2 aliphatic heterocycles. The minimum Gasteiger partial charge on any atom is -0.378 e. The molecule has 2 amide bonds. The zero-order chi connectivity index (χ0) is 18.0. The monoisotopic (exact) mass is 348 g/mol. The number of ether oxygens (including phenoxy) is 1. The number of amides is 2. The quantitative estimate of drug-likeness (QED) is 0.879. The van der Waals surface area contributed by atoms with E-state index in [1.165, 1.54) is 6.07 Å². The third kappa shape index (κ3) is 4.00. The second-order valence-corrected chi connectivity index (χ2v) is 7.23. The zero-order valence-electron chi connectivity index (χ0n) is 14.7. The number of hydrogen-bond acceptors (Lipinski definition) is 3. The highest BCUT2D eigenvalue weighted by Gasteiger charge is 2.29. The van der Waals surface area contributed by atoms with Gasteiger partial charge in [-0.25, -0.2) is 4.39 Å². The number of aryl methyl sites for hydroxylation is 1. The van der Waals surface area contributed by atoms with Crippen LogP contribution in [0, 0.1) is 17.7 Å². The van der Waals surface area contributed by atoms with Crippen molar-refractivity contribution in [3.8, 4) is 0 Å². The van der Waals surface area contributed by atoms with Crippen molar-refractivity contribution in [2.24, 2.45) is 11.8 Å². The summed E-state index contributed by atoms with van der Waals surface area (Å²) in [6.45, 7) is 5.47. The standard InChI is InChI=1S/C19H25FN2O3/c1-11(2)18-13(4-3-7-25-18)10-21-19(24)14-8-12-5-6-17(23)22-16(12)9-15(14)20/h8-9,11,13,18H,3-7,10H2,1-2H3,(H,21,24)(H,22,23). The first kappa shape index (κ1) is 17.9. The van der Waals surface area contributed by atoms with E-state index in [0.29, 0.717) is 31.0 Å². The first-order valence-corrected chi connectivity index (χ1v) is 8.97. The summed E-state index contributed by atoms with van der Waals surface area (Å²) < 4.78 is 20.1. The van der Waals surface area contributed by atoms with Crippen LogP contribution in [-0.4, -0.2) is 31.1 Å². The Bertz CT molecular complexity index is 675. The predicted molar refractivity (Wildman–Crippen MR) is 93.0 cm³/mol. The number of benzene rings is 1. The summed E-state index contributed by atoms with van der Waals surface area (Å²) in [5.74, 6) is -0.519. The van der Waals surface area contributed by atoms with Crippen molar-refractivity contribution in [2.75, 3.05) is 18.5 Å². The lowest BCUT2D eigenvalue weighted by atomic mass is 9.87. The second-order valence-electron chi connectivity index (χ2n) is 7.23. The fourth-order valence-corrected chi connectivity index (χ4v) is 3.72. The first-order valence-electron chi connectivity index (χ1n) is 8.97. The summed E-state index contributed by atoms with van der Waals surface area (Å²) in [6, 6.07) is 2.79. The van der Waals surface area contributed by atoms with Gasteiger partial charge in [0.1, 0.15) is 5.82 Å². The van der Waals surface area contributed by atoms with Crippen molar-refractivity contribution < 1.29 is 18.7 Å². The highest BCUT2D eigenvalue weighted by molar-refractivity contribution is 5.98. The van der Waals surface area contributed by atoms with Gasteiger partial charge in [-0.3, -0.25) is 9.59 Å². The van der Waals surface area contributed by atoms with E-state index >= 15 is 0 Å². The molecule has 2 atom stereocenters. The minimum atomic E-state index is -0.612. The van der Waals surface area contributed by atoms with Crippen LogP contribution in [0.25, 0.3) is 0 Å². The summed E-state index contributed by atoms with van der Waals surface area (Å²) >= 11 is 0. The van der Waals surface area contributed by atoms with Gasteiger partial charge in [0, 0.05) is 31.2 Å². The van der Waals surface area contributed by atoms with Crippen molar-refractivity contribution in [1.82, 2.24) is 5.32 Å². The predicted octanol–water partition coefficient (Wildman–Crippen LogP) is 2.89. The molecule has 2 aliphatic rings. The molecule has 0 radical (unpaired) electrons. The van der Waals surface area contributed by atoms with Crippen LogP contribution in [0.3, 0.4) is 0 Å². The van der Waals surface area contributed by atoms with Crippen molar-refractivity contribution in [1.29, 1.82) is 0 Å². The van der Waals surface area contributed by atoms with Gasteiger partial charge in [0.05, 0.1) is 11.7 Å². The van der Waals surface area contributed by atoms with Crippen LogP contribution in [0.2, 0.25) is 0 Å². The molecule has 0 saturated carbocycles. The van der Waals surface area contributed by atoms with E-state index < -0.39 is 11.7 Å². The summed E-state index contributed by atoms with van der Waals surface area (Å²) in [7, 11) is 0. The third-order valence-corrected chi connectivity index (χ3v) is 5.01. The number of nitrogens with one attached hydrogen (secondary N) is 2. The molecule has 1 aromatic rings. The van der Waals surface area contributed by atoms with E-state index in [2.05, 4.69) is 24.5 Å². The normalized spacial score (nSPS) is 23.1. The summed E-state index contributed by atoms with van der Waals surface area (Å²) in [4.78, 5) is 23.9. The van der Waals surface area contributed by atoms with E-state index in [-0.39, 0.29) is 23.5 Å². The third-order valence-electron chi connectivity index (χ3n) is 5.01. The average molecular weight is 348 g/mol. The number of rotatable bonds is 4. The lowest BCUT2D eigenvalue weighted by Gasteiger charge is -2.34. The summed E-state index contributed by atoms with van der Waals surface area (Å²) in [5, 5.41) is 5.51. The van der Waals surface area contributed by atoms with Crippen molar-refractivity contribution in [2.45, 2.75) is 45.6 Å². The molecule has 25 heavy (non-hydrogen) atoms. The van der Waals surface area contributed by atoms with Crippen LogP contribution in [-0.2, 0) is 16.0 Å². The number of hydrogen-bond donors (Lipinski definition) is 2. The highest BCUT2D eigenvalue weighted by Crippen LogP contribution is 2.27. The molecule has 136 valence electrons. The van der Waals surface area contributed by atoms with Gasteiger partial charge in [0.15, 0.2) is 0 Å². The average Bonchev–Trinajstić information content (AvgIpc) is 2.59. The zero-order valence-corrected chi connectivity index (χ0v) is 14.7. The Hall–Kier alpha value is -1.95. The SMILES string of the molecule is CC(C)C1OCCCC1CNC(=O)c1cc2c(cc1F)NC(=O)CC2. The van der Waals surface area contributed by atoms with Crippen molar-refractivity contribution in [3.63, 3.8) is 0 Å². The van der Waals surface area contributed by atoms with E-state index in [0.717, 1.165) is 25.0 Å². The van der Waals surface area contributed by atoms with Gasteiger partial charge >= 0.3 is 0 Å². The summed E-state index contributed by atoms with van der Waals surface area (Å²) in [5.41, 5.74) is 1.30. The minimum absolute atomic E-state index is 0.0349. The van der Waals surface area contributed by atoms with Crippen LogP contribution in [0.1, 0.15) is 49.0 Å². The fourth-order valence-electron chi connectivity index (χ4n) is 3.72. The number of fused-ring (bicyclic) bond motifs is 1. The van der Waals surface area contributed by atoms with Crippen LogP contribution in [0.5, 0.6) is 0 Å². The molecule has 0 aliphatic carbocycles. The molecule has 6 heteroatoms. The van der Waals surface area contributed by atoms with E-state index in [9.17, 15) is 14.0 Å². The van der Waals surface area contributed by atoms with Gasteiger partial charge in [-0.15, -0.1) is 0 Å². The molecular formula is C19H25FN2O3. The summed E-state index contributed by atoms with van der Waals surface area (Å²) in [6.07, 6.45) is 2.99. The molecule has 3 rings (SSSR count). The lowest BCUT2D eigenvalue weighted by Crippen LogP contribution is -2.41. The smallest absolute Gasteiger partial charge is 0.254 e. The van der Waals surface area contributed by atoms with Gasteiger partial charge in [-0.05, 0) is 42.9 Å². The molecule has 5 nitrogen and oxygen atoms in total. The Labute approximate surface area is 147 Å². The molecule has 2 heterocycles. The van der Waals surface area contributed by atoms with Crippen LogP contribution in [0.4, 0.5) is 10.1 Å². The van der Waals surface area contributed by atoms with Gasteiger partial charge < -0.3 is 15.4 Å². The number of carbonyl (C=O) groups is 2. The first-order chi connectivity index (χ1) is 12.0. The topological polar surface area (TPSA) is 67.4 Å². The molecule has 2 unspecified atom stereocenters. The molecule has 2 N–H and O–H groups in total.